The summed E-state index contributed by atoms with van der Waals surface area (Å²) in [6.07, 6.45) is 0. The monoisotopic (exact) mass is 375 g/mol. The minimum atomic E-state index is -3.80. The number of hydrogen-bond acceptors (Lipinski definition) is 5. The Morgan fingerprint density at radius 3 is 2.46 bits per heavy atom. The molecule has 0 spiro atoms. The number of amides is 1. The molecule has 0 fully saturated rings. The van der Waals surface area contributed by atoms with E-state index in [1.54, 1.807) is 19.1 Å². The molecule has 0 saturated carbocycles. The second-order valence-corrected chi connectivity index (χ2v) is 7.13. The summed E-state index contributed by atoms with van der Waals surface area (Å²) >= 11 is 0. The first-order valence-corrected chi connectivity index (χ1v) is 8.96. The number of primary sulfonamides is 1. The van der Waals surface area contributed by atoms with Crippen LogP contribution in [0.5, 0.6) is 0 Å². The summed E-state index contributed by atoms with van der Waals surface area (Å²) in [6.45, 7) is 1.64. The fourth-order valence-corrected chi connectivity index (χ4v) is 2.70. The number of aryl methyl sites for hydroxylation is 1. The number of nitrogens with two attached hydrogens (primary N) is 1. The van der Waals surface area contributed by atoms with Crippen LogP contribution in [-0.4, -0.2) is 19.5 Å². The van der Waals surface area contributed by atoms with Gasteiger partial charge in [0, 0.05) is 17.3 Å². The zero-order valence-corrected chi connectivity index (χ0v) is 14.4. The Hall–Kier alpha value is -3.04. The molecule has 0 aliphatic heterocycles. The van der Waals surface area contributed by atoms with Crippen LogP contribution < -0.4 is 10.5 Å². The molecule has 0 aliphatic rings. The van der Waals surface area contributed by atoms with Crippen LogP contribution in [0.15, 0.2) is 57.9 Å². The van der Waals surface area contributed by atoms with Crippen molar-refractivity contribution in [1.82, 2.24) is 5.16 Å². The van der Waals surface area contributed by atoms with Gasteiger partial charge in [-0.25, -0.2) is 17.9 Å². The Morgan fingerprint density at radius 2 is 1.85 bits per heavy atom. The molecule has 134 valence electrons. The molecular formula is C17H14FN3O4S. The van der Waals surface area contributed by atoms with Crippen molar-refractivity contribution in [2.75, 3.05) is 5.32 Å². The number of nitrogens with one attached hydrogen (secondary N) is 1. The summed E-state index contributed by atoms with van der Waals surface area (Å²) in [5.74, 6) is -0.700. The van der Waals surface area contributed by atoms with Crippen LogP contribution in [0.1, 0.15) is 16.1 Å². The van der Waals surface area contributed by atoms with Crippen molar-refractivity contribution < 1.29 is 22.1 Å². The first-order chi connectivity index (χ1) is 12.2. The molecule has 0 saturated heterocycles. The first-order valence-electron chi connectivity index (χ1n) is 7.41. The van der Waals surface area contributed by atoms with Crippen LogP contribution in [0.3, 0.4) is 0 Å². The minimum Gasteiger partial charge on any atom is -0.355 e. The summed E-state index contributed by atoms with van der Waals surface area (Å²) < 4.78 is 41.2. The van der Waals surface area contributed by atoms with Gasteiger partial charge < -0.3 is 9.84 Å². The molecule has 0 aliphatic carbocycles. The number of benzene rings is 2. The van der Waals surface area contributed by atoms with Gasteiger partial charge in [-0.2, -0.15) is 0 Å². The van der Waals surface area contributed by atoms with Crippen molar-refractivity contribution in [2.45, 2.75) is 11.8 Å². The molecule has 0 radical (unpaired) electrons. The lowest BCUT2D eigenvalue weighted by Gasteiger charge is -2.03. The lowest BCUT2D eigenvalue weighted by atomic mass is 10.1. The van der Waals surface area contributed by atoms with Crippen molar-refractivity contribution in [3.63, 3.8) is 0 Å². The van der Waals surface area contributed by atoms with Gasteiger partial charge in [-0.3, -0.25) is 4.79 Å². The van der Waals surface area contributed by atoms with Gasteiger partial charge in [-0.1, -0.05) is 17.3 Å². The third kappa shape index (κ3) is 3.79. The van der Waals surface area contributed by atoms with Gasteiger partial charge >= 0.3 is 0 Å². The summed E-state index contributed by atoms with van der Waals surface area (Å²) in [5.41, 5.74) is 1.30. The van der Waals surface area contributed by atoms with Crippen molar-refractivity contribution >= 4 is 21.6 Å². The second-order valence-electron chi connectivity index (χ2n) is 5.56. The summed E-state index contributed by atoms with van der Waals surface area (Å²) in [6, 6.07) is 11.3. The Balaban J connectivity index is 1.77. The highest BCUT2D eigenvalue weighted by atomic mass is 32.2. The maximum atomic E-state index is 13.6. The SMILES string of the molecule is Cc1ccc(-c2cc(C(=O)Nc3ccc(S(N)(=O)=O)cc3)no2)cc1F. The minimum absolute atomic E-state index is 0.00324. The summed E-state index contributed by atoms with van der Waals surface area (Å²) in [7, 11) is -3.80. The van der Waals surface area contributed by atoms with Crippen LogP contribution in [-0.2, 0) is 10.0 Å². The molecule has 0 unspecified atom stereocenters. The zero-order valence-electron chi connectivity index (χ0n) is 13.6. The fraction of sp³-hybridized carbons (Fsp3) is 0.0588. The molecule has 9 heteroatoms. The predicted octanol–water partition coefficient (Wildman–Crippen LogP) is 2.69. The van der Waals surface area contributed by atoms with E-state index in [-0.39, 0.29) is 22.2 Å². The van der Waals surface area contributed by atoms with Crippen molar-refractivity contribution in [3.8, 4) is 11.3 Å². The van der Waals surface area contributed by atoms with E-state index in [1.807, 2.05) is 0 Å². The number of sulfonamides is 1. The van der Waals surface area contributed by atoms with E-state index in [2.05, 4.69) is 10.5 Å². The molecule has 1 amide bonds. The third-order valence-electron chi connectivity index (χ3n) is 3.64. The normalized spacial score (nSPS) is 11.3. The van der Waals surface area contributed by atoms with Crippen LogP contribution in [0.2, 0.25) is 0 Å². The van der Waals surface area contributed by atoms with Gasteiger partial charge in [0.25, 0.3) is 5.91 Å². The Bertz CT molecular complexity index is 1080. The summed E-state index contributed by atoms with van der Waals surface area (Å²) in [5, 5.41) is 11.2. The van der Waals surface area contributed by atoms with Crippen molar-refractivity contribution in [2.24, 2.45) is 5.14 Å². The lowest BCUT2D eigenvalue weighted by Crippen LogP contribution is -2.14. The number of halogens is 1. The smallest absolute Gasteiger partial charge is 0.277 e. The molecule has 3 N–H and O–H groups in total. The van der Waals surface area contributed by atoms with Crippen LogP contribution in [0.4, 0.5) is 10.1 Å². The molecule has 0 bridgehead atoms. The van der Waals surface area contributed by atoms with Gasteiger partial charge in [-0.05, 0) is 42.8 Å². The third-order valence-corrected chi connectivity index (χ3v) is 4.57. The summed E-state index contributed by atoms with van der Waals surface area (Å²) in [4.78, 5) is 12.1. The second kappa shape index (κ2) is 6.70. The highest BCUT2D eigenvalue weighted by Crippen LogP contribution is 2.23. The molecule has 7 nitrogen and oxygen atoms in total. The largest absolute Gasteiger partial charge is 0.355 e. The van der Waals surface area contributed by atoms with Gasteiger partial charge in [0.1, 0.15) is 5.82 Å². The van der Waals surface area contributed by atoms with Crippen LogP contribution in [0, 0.1) is 12.7 Å². The number of carbonyl (C=O) groups is 1. The maximum absolute atomic E-state index is 13.6. The highest BCUT2D eigenvalue weighted by Gasteiger charge is 2.15. The van der Waals surface area contributed by atoms with E-state index in [1.165, 1.54) is 36.4 Å². The van der Waals surface area contributed by atoms with Gasteiger partial charge in [0.2, 0.25) is 10.0 Å². The van der Waals surface area contributed by atoms with Gasteiger partial charge in [0.05, 0.1) is 4.90 Å². The van der Waals surface area contributed by atoms with Crippen molar-refractivity contribution in [3.05, 3.63) is 65.6 Å². The molecule has 3 rings (SSSR count). The molecule has 0 atom stereocenters. The average Bonchev–Trinajstić information content (AvgIpc) is 3.07. The highest BCUT2D eigenvalue weighted by molar-refractivity contribution is 7.89. The van der Waals surface area contributed by atoms with E-state index in [0.29, 0.717) is 16.8 Å². The topological polar surface area (TPSA) is 115 Å². The maximum Gasteiger partial charge on any atom is 0.277 e. The fourth-order valence-electron chi connectivity index (χ4n) is 2.19. The number of nitrogens with zero attached hydrogens (tertiary/aromatic N) is 1. The Labute approximate surface area is 148 Å². The van der Waals surface area contributed by atoms with Crippen molar-refractivity contribution in [1.29, 1.82) is 0 Å². The van der Waals surface area contributed by atoms with Gasteiger partial charge in [-0.15, -0.1) is 0 Å². The van der Waals surface area contributed by atoms with E-state index >= 15 is 0 Å². The number of anilines is 1. The van der Waals surface area contributed by atoms with E-state index in [0.717, 1.165) is 0 Å². The Kier molecular flexibility index (Phi) is 4.58. The average molecular weight is 375 g/mol. The van der Waals surface area contributed by atoms with Gasteiger partial charge in [0.15, 0.2) is 11.5 Å². The molecule has 3 aromatic rings. The molecular weight excluding hydrogens is 361 g/mol. The standard InChI is InChI=1S/C17H14FN3O4S/c1-10-2-3-11(8-14(10)18)16-9-15(21-25-16)17(22)20-12-4-6-13(7-5-12)26(19,23)24/h2-9H,1H3,(H,20,22)(H2,19,23,24). The van der Waals surface area contributed by atoms with E-state index in [9.17, 15) is 17.6 Å². The quantitative estimate of drug-likeness (QED) is 0.727. The number of aromatic nitrogens is 1. The molecule has 1 aromatic heterocycles. The molecule has 2 aromatic carbocycles. The Morgan fingerprint density at radius 1 is 1.15 bits per heavy atom. The number of carbonyl (C=O) groups excluding carboxylic acids is 1. The van der Waals surface area contributed by atoms with E-state index < -0.39 is 15.9 Å². The first kappa shape index (κ1) is 17.8. The lowest BCUT2D eigenvalue weighted by molar-refractivity contribution is 0.101. The number of hydrogen-bond donors (Lipinski definition) is 2. The molecule has 1 heterocycles. The molecule has 26 heavy (non-hydrogen) atoms. The zero-order chi connectivity index (χ0) is 18.9. The van der Waals surface area contributed by atoms with E-state index in [4.69, 9.17) is 9.66 Å². The number of rotatable bonds is 4. The van der Waals surface area contributed by atoms with Crippen LogP contribution in [0.25, 0.3) is 11.3 Å². The predicted molar refractivity (Wildman–Crippen MR) is 92.4 cm³/mol. The van der Waals surface area contributed by atoms with Crippen LogP contribution >= 0.6 is 0 Å².